The number of hydrogen-bond donors (Lipinski definition) is 2. The molecule has 35 heavy (non-hydrogen) atoms. The van der Waals surface area contributed by atoms with E-state index in [-0.39, 0.29) is 11.9 Å². The van der Waals surface area contributed by atoms with E-state index in [0.717, 1.165) is 37.1 Å². The molecule has 4 rings (SSSR count). The molecular weight excluding hydrogens is 442 g/mol. The first-order chi connectivity index (χ1) is 17.0. The van der Waals surface area contributed by atoms with Crippen LogP contribution in [0.2, 0.25) is 0 Å². The topological polar surface area (TPSA) is 88.6 Å². The number of hydrogen-bond acceptors (Lipinski definition) is 7. The van der Waals surface area contributed by atoms with Gasteiger partial charge in [0.2, 0.25) is 5.95 Å². The highest BCUT2D eigenvalue weighted by Gasteiger charge is 2.24. The molecule has 1 amide bonds. The second-order valence-corrected chi connectivity index (χ2v) is 8.94. The maximum absolute atomic E-state index is 13.0. The van der Waals surface area contributed by atoms with E-state index in [4.69, 9.17) is 9.47 Å². The summed E-state index contributed by atoms with van der Waals surface area (Å²) in [6.45, 7) is 0.403. The Hall–Kier alpha value is -3.81. The lowest BCUT2D eigenvalue weighted by atomic mass is 9.91. The van der Waals surface area contributed by atoms with Gasteiger partial charge in [-0.25, -0.2) is 4.98 Å². The lowest BCUT2D eigenvalue weighted by Crippen LogP contribution is -2.40. The van der Waals surface area contributed by atoms with E-state index in [1.807, 2.05) is 55.4 Å². The van der Waals surface area contributed by atoms with Crippen LogP contribution in [0.4, 0.5) is 11.8 Å². The van der Waals surface area contributed by atoms with Crippen LogP contribution in [0.5, 0.6) is 11.5 Å². The first kappa shape index (κ1) is 24.3. The molecule has 8 nitrogen and oxygen atoms in total. The summed E-state index contributed by atoms with van der Waals surface area (Å²) in [4.78, 5) is 23.8. The molecule has 0 atom stereocenters. The van der Waals surface area contributed by atoms with Gasteiger partial charge in [-0.05, 0) is 55.5 Å². The molecule has 1 aliphatic carbocycles. The number of amides is 1. The van der Waals surface area contributed by atoms with Crippen molar-refractivity contribution < 1.29 is 14.3 Å². The van der Waals surface area contributed by atoms with Gasteiger partial charge in [-0.3, -0.25) is 4.79 Å². The fraction of sp³-hybridized carbons (Fsp3) is 0.370. The van der Waals surface area contributed by atoms with Crippen LogP contribution < -0.4 is 25.0 Å². The van der Waals surface area contributed by atoms with Crippen LogP contribution in [0.25, 0.3) is 0 Å². The van der Waals surface area contributed by atoms with Crippen LogP contribution in [0, 0.1) is 0 Å². The second-order valence-electron chi connectivity index (χ2n) is 8.94. The normalized spacial score (nSPS) is 17.3. The number of rotatable bonds is 9. The second kappa shape index (κ2) is 11.6. The lowest BCUT2D eigenvalue weighted by molar-refractivity contribution is 0.0926. The zero-order valence-corrected chi connectivity index (χ0v) is 20.5. The molecule has 1 saturated carbocycles. The Bertz CT molecular complexity index is 1110. The van der Waals surface area contributed by atoms with Gasteiger partial charge in [0.1, 0.15) is 12.4 Å². The van der Waals surface area contributed by atoms with Gasteiger partial charge in [-0.1, -0.05) is 30.3 Å². The maximum Gasteiger partial charge on any atom is 0.251 e. The van der Waals surface area contributed by atoms with Crippen LogP contribution in [0.3, 0.4) is 0 Å². The molecule has 8 heteroatoms. The molecule has 0 radical (unpaired) electrons. The van der Waals surface area contributed by atoms with Gasteiger partial charge < -0.3 is 25.0 Å². The minimum atomic E-state index is -0.101. The van der Waals surface area contributed by atoms with Crippen LogP contribution in [0.15, 0.2) is 60.8 Å². The largest absolute Gasteiger partial charge is 0.493 e. The molecular formula is C27H33N5O3. The molecule has 3 aromatic rings. The molecule has 1 fully saturated rings. The number of benzene rings is 2. The average Bonchev–Trinajstić information content (AvgIpc) is 2.89. The summed E-state index contributed by atoms with van der Waals surface area (Å²) < 4.78 is 11.4. The number of nitrogens with zero attached hydrogens (tertiary/aromatic N) is 3. The molecule has 0 bridgehead atoms. The zero-order chi connectivity index (χ0) is 24.6. The zero-order valence-electron chi connectivity index (χ0n) is 20.5. The van der Waals surface area contributed by atoms with Crippen molar-refractivity contribution in [3.05, 3.63) is 71.9 Å². The number of methoxy groups -OCH3 is 1. The number of anilines is 2. The van der Waals surface area contributed by atoms with Gasteiger partial charge >= 0.3 is 0 Å². The Morgan fingerprint density at radius 3 is 2.46 bits per heavy atom. The third-order valence-corrected chi connectivity index (χ3v) is 6.16. The predicted octanol–water partition coefficient (Wildman–Crippen LogP) is 4.28. The smallest absolute Gasteiger partial charge is 0.251 e. The lowest BCUT2D eigenvalue weighted by Gasteiger charge is -2.30. The van der Waals surface area contributed by atoms with Crippen molar-refractivity contribution in [2.24, 2.45) is 0 Å². The minimum Gasteiger partial charge on any atom is -0.493 e. The summed E-state index contributed by atoms with van der Waals surface area (Å²) in [5.41, 5.74) is 1.61. The quantitative estimate of drug-likeness (QED) is 0.477. The standard InChI is InChI=1S/C27H33N5O3/c1-32(2)25-15-16-28-27(31-25)30-22-12-10-21(11-13-22)29-26(33)20-9-14-23(34-3)24(17-20)35-18-19-7-5-4-6-8-19/h4-9,14-17,21-22H,10-13,18H2,1-3H3,(H,29,33)(H,28,30,31)/t21-,22+. The predicted molar refractivity (Wildman–Crippen MR) is 137 cm³/mol. The molecule has 1 aliphatic rings. The monoisotopic (exact) mass is 475 g/mol. The van der Waals surface area contributed by atoms with E-state index in [9.17, 15) is 4.79 Å². The SMILES string of the molecule is COc1ccc(C(=O)N[C@H]2CC[C@@H](Nc3nccc(N(C)C)n3)CC2)cc1OCc1ccccc1. The van der Waals surface area contributed by atoms with Crippen molar-refractivity contribution in [1.29, 1.82) is 0 Å². The Morgan fingerprint density at radius 1 is 1.00 bits per heavy atom. The molecule has 0 aliphatic heterocycles. The summed E-state index contributed by atoms with van der Waals surface area (Å²) in [6, 6.07) is 17.5. The van der Waals surface area contributed by atoms with Gasteiger partial charge in [0.05, 0.1) is 7.11 Å². The first-order valence-corrected chi connectivity index (χ1v) is 11.9. The number of nitrogens with one attached hydrogen (secondary N) is 2. The fourth-order valence-corrected chi connectivity index (χ4v) is 4.17. The number of aromatic nitrogens is 2. The highest BCUT2D eigenvalue weighted by Crippen LogP contribution is 2.29. The summed E-state index contributed by atoms with van der Waals surface area (Å²) in [6.07, 6.45) is 5.43. The van der Waals surface area contributed by atoms with E-state index >= 15 is 0 Å². The maximum atomic E-state index is 13.0. The number of carbonyl (C=O) groups is 1. The summed E-state index contributed by atoms with van der Waals surface area (Å²) >= 11 is 0. The van der Waals surface area contributed by atoms with E-state index in [1.54, 1.807) is 31.5 Å². The first-order valence-electron chi connectivity index (χ1n) is 11.9. The highest BCUT2D eigenvalue weighted by molar-refractivity contribution is 5.95. The van der Waals surface area contributed by atoms with Crippen molar-refractivity contribution >= 4 is 17.7 Å². The van der Waals surface area contributed by atoms with Crippen molar-refractivity contribution in [3.8, 4) is 11.5 Å². The molecule has 1 aromatic heterocycles. The van der Waals surface area contributed by atoms with E-state index in [0.29, 0.717) is 35.7 Å². The van der Waals surface area contributed by atoms with Crippen molar-refractivity contribution in [3.63, 3.8) is 0 Å². The van der Waals surface area contributed by atoms with Crippen LogP contribution >= 0.6 is 0 Å². The summed E-state index contributed by atoms with van der Waals surface area (Å²) in [5.74, 6) is 2.57. The van der Waals surface area contributed by atoms with Crippen LogP contribution in [0.1, 0.15) is 41.6 Å². The molecule has 2 N–H and O–H groups in total. The molecule has 0 spiro atoms. The molecule has 0 saturated heterocycles. The van der Waals surface area contributed by atoms with Crippen LogP contribution in [-0.4, -0.2) is 49.2 Å². The highest BCUT2D eigenvalue weighted by atomic mass is 16.5. The van der Waals surface area contributed by atoms with E-state index in [1.165, 1.54) is 0 Å². The van der Waals surface area contributed by atoms with Crippen LogP contribution in [-0.2, 0) is 6.61 Å². The minimum absolute atomic E-state index is 0.101. The van der Waals surface area contributed by atoms with Crippen molar-refractivity contribution in [2.75, 3.05) is 31.4 Å². The van der Waals surface area contributed by atoms with E-state index < -0.39 is 0 Å². The van der Waals surface area contributed by atoms with Gasteiger partial charge in [-0.2, -0.15) is 4.98 Å². The van der Waals surface area contributed by atoms with Gasteiger partial charge in [0, 0.05) is 37.9 Å². The van der Waals surface area contributed by atoms with Gasteiger partial charge in [0.25, 0.3) is 5.91 Å². The van der Waals surface area contributed by atoms with Gasteiger partial charge in [0.15, 0.2) is 11.5 Å². The molecule has 184 valence electrons. The third-order valence-electron chi connectivity index (χ3n) is 6.16. The number of ether oxygens (including phenoxy) is 2. The molecule has 0 unspecified atom stereocenters. The molecule has 1 heterocycles. The van der Waals surface area contributed by atoms with Crippen molar-refractivity contribution in [2.45, 2.75) is 44.4 Å². The third kappa shape index (κ3) is 6.62. The Labute approximate surface area is 206 Å². The summed E-state index contributed by atoms with van der Waals surface area (Å²) in [7, 11) is 5.51. The molecule has 2 aromatic carbocycles. The Morgan fingerprint density at radius 2 is 1.74 bits per heavy atom. The summed E-state index contributed by atoms with van der Waals surface area (Å²) in [5, 5.41) is 6.62. The van der Waals surface area contributed by atoms with Crippen molar-refractivity contribution in [1.82, 2.24) is 15.3 Å². The average molecular weight is 476 g/mol. The number of carbonyl (C=O) groups excluding carboxylic acids is 1. The Kier molecular flexibility index (Phi) is 8.03. The van der Waals surface area contributed by atoms with E-state index in [2.05, 4.69) is 20.6 Å². The van der Waals surface area contributed by atoms with Gasteiger partial charge in [-0.15, -0.1) is 0 Å². The Balaban J connectivity index is 1.31. The fourth-order valence-electron chi connectivity index (χ4n) is 4.17.